The van der Waals surface area contributed by atoms with Gasteiger partial charge in [0, 0.05) is 24.3 Å². The van der Waals surface area contributed by atoms with Crippen LogP contribution in [-0.2, 0) is 6.42 Å². The first-order valence-electron chi connectivity index (χ1n) is 6.98. The van der Waals surface area contributed by atoms with Crippen LogP contribution < -0.4 is 10.6 Å². The number of hydrogen-bond donors (Lipinski definition) is 2. The van der Waals surface area contributed by atoms with E-state index in [9.17, 15) is 4.79 Å². The van der Waals surface area contributed by atoms with Crippen molar-refractivity contribution in [3.63, 3.8) is 0 Å². The van der Waals surface area contributed by atoms with Crippen LogP contribution in [0.4, 0.5) is 5.69 Å². The van der Waals surface area contributed by atoms with Gasteiger partial charge in [0.25, 0.3) is 5.91 Å². The third-order valence-corrected chi connectivity index (χ3v) is 3.85. The van der Waals surface area contributed by atoms with Crippen molar-refractivity contribution in [2.24, 2.45) is 5.92 Å². The first-order chi connectivity index (χ1) is 8.83. The Morgan fingerprint density at radius 2 is 2.28 bits per heavy atom. The van der Waals surface area contributed by atoms with Gasteiger partial charge < -0.3 is 10.6 Å². The second-order valence-electron chi connectivity index (χ2n) is 5.39. The molecule has 18 heavy (non-hydrogen) atoms. The van der Waals surface area contributed by atoms with Gasteiger partial charge in [-0.2, -0.15) is 0 Å². The highest BCUT2D eigenvalue weighted by molar-refractivity contribution is 5.95. The molecule has 1 aromatic carbocycles. The lowest BCUT2D eigenvalue weighted by Crippen LogP contribution is -2.24. The van der Waals surface area contributed by atoms with E-state index in [4.69, 9.17) is 0 Å². The van der Waals surface area contributed by atoms with Gasteiger partial charge >= 0.3 is 0 Å². The highest BCUT2D eigenvalue weighted by Gasteiger charge is 2.20. The Morgan fingerprint density at radius 1 is 1.39 bits per heavy atom. The van der Waals surface area contributed by atoms with Crippen LogP contribution in [0.25, 0.3) is 0 Å². The molecule has 2 N–H and O–H groups in total. The zero-order valence-corrected chi connectivity index (χ0v) is 10.7. The molecule has 0 bridgehead atoms. The third-order valence-electron chi connectivity index (χ3n) is 3.85. The number of rotatable bonds is 5. The van der Waals surface area contributed by atoms with Crippen molar-refractivity contribution in [1.29, 1.82) is 0 Å². The van der Waals surface area contributed by atoms with Gasteiger partial charge in [0.05, 0.1) is 0 Å². The molecule has 0 radical (unpaired) electrons. The molecule has 3 rings (SSSR count). The molecule has 1 saturated carbocycles. The smallest absolute Gasteiger partial charge is 0.251 e. The molecule has 0 spiro atoms. The fourth-order valence-corrected chi connectivity index (χ4v) is 2.53. The molecule has 0 aromatic heterocycles. The standard InChI is InChI=1S/C15H20N2O/c18-15(17-8-1-2-11-3-4-11)13-6-5-12-7-9-16-14(12)10-13/h5-6,10-11,16H,1-4,7-9H2,(H,17,18). The van der Waals surface area contributed by atoms with Crippen molar-refractivity contribution in [3.05, 3.63) is 29.3 Å². The van der Waals surface area contributed by atoms with Crippen LogP contribution in [0.5, 0.6) is 0 Å². The van der Waals surface area contributed by atoms with Crippen LogP contribution >= 0.6 is 0 Å². The van der Waals surface area contributed by atoms with Crippen LogP contribution in [-0.4, -0.2) is 19.0 Å². The summed E-state index contributed by atoms with van der Waals surface area (Å²) in [5.41, 5.74) is 3.22. The summed E-state index contributed by atoms with van der Waals surface area (Å²) in [4.78, 5) is 12.0. The lowest BCUT2D eigenvalue weighted by atomic mass is 10.1. The van der Waals surface area contributed by atoms with E-state index in [2.05, 4.69) is 16.7 Å². The van der Waals surface area contributed by atoms with Gasteiger partial charge in [0.2, 0.25) is 0 Å². The van der Waals surface area contributed by atoms with Gasteiger partial charge in [-0.05, 0) is 42.9 Å². The van der Waals surface area contributed by atoms with E-state index in [1.165, 1.54) is 24.8 Å². The van der Waals surface area contributed by atoms with Crippen molar-refractivity contribution in [2.75, 3.05) is 18.4 Å². The number of amides is 1. The molecule has 1 aromatic rings. The summed E-state index contributed by atoms with van der Waals surface area (Å²) in [6.45, 7) is 1.79. The molecule has 3 nitrogen and oxygen atoms in total. The third kappa shape index (κ3) is 2.66. The predicted molar refractivity (Wildman–Crippen MR) is 72.9 cm³/mol. The Kier molecular flexibility index (Phi) is 3.22. The quantitative estimate of drug-likeness (QED) is 0.782. The molecular weight excluding hydrogens is 224 g/mol. The lowest BCUT2D eigenvalue weighted by molar-refractivity contribution is 0.0953. The lowest BCUT2D eigenvalue weighted by Gasteiger charge is -2.07. The van der Waals surface area contributed by atoms with Crippen LogP contribution in [0.1, 0.15) is 41.6 Å². The molecule has 0 unspecified atom stereocenters. The summed E-state index contributed by atoms with van der Waals surface area (Å²) in [6.07, 6.45) is 6.24. The molecule has 0 saturated heterocycles. The number of carbonyl (C=O) groups excluding carboxylic acids is 1. The minimum atomic E-state index is 0.0577. The van der Waals surface area contributed by atoms with E-state index < -0.39 is 0 Å². The number of carbonyl (C=O) groups is 1. The first kappa shape index (κ1) is 11.6. The fourth-order valence-electron chi connectivity index (χ4n) is 2.53. The van der Waals surface area contributed by atoms with Crippen molar-refractivity contribution in [2.45, 2.75) is 32.1 Å². The molecule has 96 valence electrons. The van der Waals surface area contributed by atoms with Crippen molar-refractivity contribution in [3.8, 4) is 0 Å². The molecule has 2 aliphatic rings. The van der Waals surface area contributed by atoms with Crippen LogP contribution in [0.2, 0.25) is 0 Å². The molecule has 3 heteroatoms. The van der Waals surface area contributed by atoms with Gasteiger partial charge in [-0.3, -0.25) is 4.79 Å². The summed E-state index contributed by atoms with van der Waals surface area (Å²) in [5.74, 6) is 1.01. The second kappa shape index (κ2) is 5.01. The average Bonchev–Trinajstić information content (AvgIpc) is 3.09. The maximum absolute atomic E-state index is 12.0. The number of hydrogen-bond acceptors (Lipinski definition) is 2. The number of benzene rings is 1. The fraction of sp³-hybridized carbons (Fsp3) is 0.533. The Balaban J connectivity index is 1.51. The van der Waals surface area contributed by atoms with E-state index in [1.54, 1.807) is 0 Å². The monoisotopic (exact) mass is 244 g/mol. The average molecular weight is 244 g/mol. The SMILES string of the molecule is O=C(NCCCC1CC1)c1ccc2c(c1)NCC2. The predicted octanol–water partition coefficient (Wildman–Crippen LogP) is 2.57. The summed E-state index contributed by atoms with van der Waals surface area (Å²) in [6, 6.07) is 5.97. The Bertz CT molecular complexity index is 452. The highest BCUT2D eigenvalue weighted by atomic mass is 16.1. The van der Waals surface area contributed by atoms with Crippen LogP contribution in [0, 0.1) is 5.92 Å². The maximum Gasteiger partial charge on any atom is 0.251 e. The van der Waals surface area contributed by atoms with E-state index >= 15 is 0 Å². The van der Waals surface area contributed by atoms with Crippen molar-refractivity contribution < 1.29 is 4.79 Å². The normalized spacial score (nSPS) is 17.1. The summed E-state index contributed by atoms with van der Waals surface area (Å²) < 4.78 is 0. The molecular formula is C15H20N2O. The van der Waals surface area contributed by atoms with Gasteiger partial charge in [0.15, 0.2) is 0 Å². The largest absolute Gasteiger partial charge is 0.384 e. The number of nitrogens with one attached hydrogen (secondary N) is 2. The molecule has 1 aliphatic carbocycles. The minimum absolute atomic E-state index is 0.0577. The Hall–Kier alpha value is -1.51. The topological polar surface area (TPSA) is 41.1 Å². The zero-order valence-electron chi connectivity index (χ0n) is 10.7. The summed E-state index contributed by atoms with van der Waals surface area (Å²) in [7, 11) is 0. The van der Waals surface area contributed by atoms with Gasteiger partial charge in [-0.15, -0.1) is 0 Å². The number of fused-ring (bicyclic) bond motifs is 1. The Labute approximate surface area is 108 Å². The van der Waals surface area contributed by atoms with E-state index in [-0.39, 0.29) is 5.91 Å². The second-order valence-corrected chi connectivity index (χ2v) is 5.39. The number of anilines is 1. The van der Waals surface area contributed by atoms with E-state index in [1.807, 2.05) is 12.1 Å². The van der Waals surface area contributed by atoms with Crippen LogP contribution in [0.3, 0.4) is 0 Å². The minimum Gasteiger partial charge on any atom is -0.384 e. The first-order valence-corrected chi connectivity index (χ1v) is 6.98. The van der Waals surface area contributed by atoms with Crippen molar-refractivity contribution in [1.82, 2.24) is 5.32 Å². The molecule has 1 heterocycles. The van der Waals surface area contributed by atoms with Crippen molar-refractivity contribution >= 4 is 11.6 Å². The van der Waals surface area contributed by atoms with E-state index in [0.29, 0.717) is 0 Å². The molecule has 1 aliphatic heterocycles. The summed E-state index contributed by atoms with van der Waals surface area (Å²) in [5, 5.41) is 6.31. The van der Waals surface area contributed by atoms with E-state index in [0.717, 1.165) is 43.1 Å². The maximum atomic E-state index is 12.0. The van der Waals surface area contributed by atoms with Crippen LogP contribution in [0.15, 0.2) is 18.2 Å². The highest BCUT2D eigenvalue weighted by Crippen LogP contribution is 2.33. The van der Waals surface area contributed by atoms with Gasteiger partial charge in [-0.25, -0.2) is 0 Å². The molecule has 0 atom stereocenters. The molecule has 1 amide bonds. The van der Waals surface area contributed by atoms with Gasteiger partial charge in [-0.1, -0.05) is 18.9 Å². The van der Waals surface area contributed by atoms with Gasteiger partial charge in [0.1, 0.15) is 0 Å². The zero-order chi connectivity index (χ0) is 12.4. The Morgan fingerprint density at radius 3 is 3.11 bits per heavy atom. The molecule has 1 fully saturated rings. The summed E-state index contributed by atoms with van der Waals surface area (Å²) >= 11 is 0.